The molecule has 0 amide bonds. The largest absolute Gasteiger partial charge is 0.473 e. The second kappa shape index (κ2) is 2.40. The third-order valence-corrected chi connectivity index (χ3v) is 1.18. The zero-order chi connectivity index (χ0) is 6.78. The smallest absolute Gasteiger partial charge is 0.365 e. The van der Waals surface area contributed by atoms with Crippen molar-refractivity contribution in [2.75, 3.05) is 0 Å². The van der Waals surface area contributed by atoms with Crippen LogP contribution in [0, 0.1) is 0 Å². The number of carbonyl (C=O) groups is 1. The molecule has 0 atom stereocenters. The fourth-order valence-electron chi connectivity index (χ4n) is 0.262. The molecule has 0 saturated heterocycles. The molecule has 0 rings (SSSR count). The Morgan fingerprint density at radius 2 is 1.88 bits per heavy atom. The van der Waals surface area contributed by atoms with Crippen LogP contribution in [0.3, 0.4) is 0 Å². The van der Waals surface area contributed by atoms with Gasteiger partial charge in [-0.05, 0) is 11.8 Å². The van der Waals surface area contributed by atoms with Gasteiger partial charge in [-0.3, -0.25) is 0 Å². The van der Waals surface area contributed by atoms with Crippen molar-refractivity contribution >= 4 is 17.1 Å². The van der Waals surface area contributed by atoms with Crippen LogP contribution < -0.4 is 0 Å². The van der Waals surface area contributed by atoms with Crippen LogP contribution in [0.2, 0.25) is 0 Å². The average molecular weight is 134 g/mol. The van der Waals surface area contributed by atoms with E-state index in [4.69, 9.17) is 5.11 Å². The Morgan fingerprint density at radius 1 is 1.50 bits per heavy atom. The number of hydrogen-bond donors (Lipinski definition) is 1. The molecule has 0 aromatic rings. The van der Waals surface area contributed by atoms with E-state index in [0.717, 1.165) is 11.8 Å². The van der Waals surface area contributed by atoms with E-state index in [1.54, 1.807) is 0 Å². The van der Waals surface area contributed by atoms with E-state index in [1.165, 1.54) is 0 Å². The minimum atomic E-state index is -0.808. The molecule has 0 unspecified atom stereocenters. The van der Waals surface area contributed by atoms with Crippen molar-refractivity contribution < 1.29 is 9.90 Å². The van der Waals surface area contributed by atoms with Gasteiger partial charge in [0, 0.05) is 4.75 Å². The number of thioether (sulfide) groups is 1. The summed E-state index contributed by atoms with van der Waals surface area (Å²) in [5.74, 6) is 0. The Labute approximate surface area is 53.3 Å². The van der Waals surface area contributed by atoms with Crippen LogP contribution in [-0.4, -0.2) is 15.2 Å². The SMILES string of the molecule is CC(C)(C)SC(=O)O. The van der Waals surface area contributed by atoms with E-state index < -0.39 is 5.30 Å². The highest BCUT2D eigenvalue weighted by Gasteiger charge is 2.14. The lowest BCUT2D eigenvalue weighted by Gasteiger charge is -2.12. The highest BCUT2D eigenvalue weighted by Crippen LogP contribution is 2.22. The minimum absolute atomic E-state index is 0.161. The summed E-state index contributed by atoms with van der Waals surface area (Å²) in [5.41, 5.74) is 0. The molecule has 1 N–H and O–H groups in total. The maximum atomic E-state index is 9.98. The predicted octanol–water partition coefficient (Wildman–Crippen LogP) is 2.20. The first-order valence-corrected chi connectivity index (χ1v) is 3.15. The van der Waals surface area contributed by atoms with Crippen molar-refractivity contribution in [3.63, 3.8) is 0 Å². The molecule has 0 fully saturated rings. The first kappa shape index (κ1) is 7.82. The van der Waals surface area contributed by atoms with Gasteiger partial charge in [-0.2, -0.15) is 0 Å². The van der Waals surface area contributed by atoms with Crippen molar-refractivity contribution in [1.82, 2.24) is 0 Å². The van der Waals surface area contributed by atoms with Crippen LogP contribution >= 0.6 is 11.8 Å². The second-order valence-corrected chi connectivity index (χ2v) is 4.26. The molecule has 0 aliphatic carbocycles. The van der Waals surface area contributed by atoms with E-state index in [0.29, 0.717) is 0 Å². The zero-order valence-electron chi connectivity index (χ0n) is 5.26. The first-order valence-electron chi connectivity index (χ1n) is 2.34. The fourth-order valence-corrected chi connectivity index (χ4v) is 0.786. The van der Waals surface area contributed by atoms with Gasteiger partial charge in [-0.25, -0.2) is 4.79 Å². The third-order valence-electron chi connectivity index (χ3n) is 0.393. The fraction of sp³-hybridized carbons (Fsp3) is 0.800. The third kappa shape index (κ3) is 5.82. The lowest BCUT2D eigenvalue weighted by Crippen LogP contribution is -2.09. The second-order valence-electron chi connectivity index (χ2n) is 2.48. The standard InChI is InChI=1S/C5H10O2S/c1-5(2,3)8-4(6)7/h1-3H3,(H,6,7). The van der Waals surface area contributed by atoms with Gasteiger partial charge in [-0.1, -0.05) is 20.8 Å². The van der Waals surface area contributed by atoms with Crippen molar-refractivity contribution in [2.24, 2.45) is 0 Å². The average Bonchev–Trinajstić information content (AvgIpc) is 1.21. The quantitative estimate of drug-likeness (QED) is 0.551. The molecule has 0 radical (unpaired) electrons. The Kier molecular flexibility index (Phi) is 2.34. The summed E-state index contributed by atoms with van der Waals surface area (Å²) >= 11 is 0.928. The van der Waals surface area contributed by atoms with Crippen LogP contribution in [0.15, 0.2) is 0 Å². The summed E-state index contributed by atoms with van der Waals surface area (Å²) in [6.45, 7) is 5.60. The monoisotopic (exact) mass is 134 g/mol. The van der Waals surface area contributed by atoms with Gasteiger partial charge in [0.25, 0.3) is 0 Å². The maximum Gasteiger partial charge on any atom is 0.365 e. The van der Waals surface area contributed by atoms with Gasteiger partial charge in [0.15, 0.2) is 0 Å². The molecule has 48 valence electrons. The van der Waals surface area contributed by atoms with Crippen molar-refractivity contribution in [3.8, 4) is 0 Å². The maximum absolute atomic E-state index is 9.98. The van der Waals surface area contributed by atoms with Crippen LogP contribution in [0.4, 0.5) is 4.79 Å². The Balaban J connectivity index is 3.55. The molecule has 0 aromatic carbocycles. The van der Waals surface area contributed by atoms with E-state index in [-0.39, 0.29) is 4.75 Å². The molecule has 0 saturated carbocycles. The molecular formula is C5H10O2S. The van der Waals surface area contributed by atoms with Crippen molar-refractivity contribution in [3.05, 3.63) is 0 Å². The minimum Gasteiger partial charge on any atom is -0.473 e. The first-order chi connectivity index (χ1) is 3.42. The summed E-state index contributed by atoms with van der Waals surface area (Å²) < 4.78 is -0.161. The molecule has 2 nitrogen and oxygen atoms in total. The van der Waals surface area contributed by atoms with Crippen LogP contribution in [0.25, 0.3) is 0 Å². The Hall–Kier alpha value is -0.180. The van der Waals surface area contributed by atoms with E-state index in [1.807, 2.05) is 20.8 Å². The number of rotatable bonds is 0. The Morgan fingerprint density at radius 3 is 1.88 bits per heavy atom. The molecule has 0 aromatic heterocycles. The van der Waals surface area contributed by atoms with E-state index in [9.17, 15) is 4.79 Å². The van der Waals surface area contributed by atoms with Gasteiger partial charge >= 0.3 is 5.30 Å². The number of hydrogen-bond acceptors (Lipinski definition) is 2. The van der Waals surface area contributed by atoms with Crippen LogP contribution in [0.5, 0.6) is 0 Å². The van der Waals surface area contributed by atoms with Crippen molar-refractivity contribution in [1.29, 1.82) is 0 Å². The van der Waals surface area contributed by atoms with Crippen molar-refractivity contribution in [2.45, 2.75) is 25.5 Å². The van der Waals surface area contributed by atoms with Gasteiger partial charge in [0.2, 0.25) is 0 Å². The lowest BCUT2D eigenvalue weighted by atomic mass is 10.3. The molecule has 0 aliphatic rings. The van der Waals surface area contributed by atoms with E-state index >= 15 is 0 Å². The topological polar surface area (TPSA) is 37.3 Å². The van der Waals surface area contributed by atoms with Gasteiger partial charge in [0.1, 0.15) is 0 Å². The summed E-state index contributed by atoms with van der Waals surface area (Å²) in [6.07, 6.45) is 0. The zero-order valence-corrected chi connectivity index (χ0v) is 6.08. The summed E-state index contributed by atoms with van der Waals surface area (Å²) in [6, 6.07) is 0. The molecule has 0 bridgehead atoms. The number of carboxylic acid groups (broad SMARTS) is 1. The highest BCUT2D eigenvalue weighted by atomic mass is 32.2. The summed E-state index contributed by atoms with van der Waals surface area (Å²) in [7, 11) is 0. The Bertz CT molecular complexity index is 93.1. The van der Waals surface area contributed by atoms with Gasteiger partial charge in [-0.15, -0.1) is 0 Å². The molecular weight excluding hydrogens is 124 g/mol. The van der Waals surface area contributed by atoms with Crippen LogP contribution in [0.1, 0.15) is 20.8 Å². The summed E-state index contributed by atoms with van der Waals surface area (Å²) in [5, 5.41) is 7.40. The molecule has 0 aliphatic heterocycles. The molecule has 3 heteroatoms. The predicted molar refractivity (Wildman–Crippen MR) is 35.4 cm³/mol. The van der Waals surface area contributed by atoms with E-state index in [2.05, 4.69) is 0 Å². The van der Waals surface area contributed by atoms with Crippen LogP contribution in [-0.2, 0) is 0 Å². The lowest BCUT2D eigenvalue weighted by molar-refractivity contribution is 0.222. The highest BCUT2D eigenvalue weighted by molar-refractivity contribution is 8.14. The molecule has 8 heavy (non-hydrogen) atoms. The van der Waals surface area contributed by atoms with Gasteiger partial charge in [0.05, 0.1) is 0 Å². The normalized spacial score (nSPS) is 11.4. The van der Waals surface area contributed by atoms with Gasteiger partial charge < -0.3 is 5.11 Å². The molecule has 0 spiro atoms. The molecule has 0 heterocycles. The summed E-state index contributed by atoms with van der Waals surface area (Å²) in [4.78, 5) is 9.98.